The molecule has 1 aromatic carbocycles. The summed E-state index contributed by atoms with van der Waals surface area (Å²) in [5.41, 5.74) is 1.40. The van der Waals surface area contributed by atoms with Crippen LogP contribution in [0.4, 0.5) is 0 Å². The van der Waals surface area contributed by atoms with Crippen molar-refractivity contribution in [2.24, 2.45) is 0 Å². The maximum absolute atomic E-state index is 3.79. The molecule has 0 aliphatic rings. The van der Waals surface area contributed by atoms with Gasteiger partial charge in [-0.25, -0.2) is 0 Å². The smallest absolute Gasteiger partial charge is 0.0472 e. The summed E-state index contributed by atoms with van der Waals surface area (Å²) < 4.78 is 0. The average molecular weight is 274 g/mol. The van der Waals surface area contributed by atoms with Crippen LogP contribution in [0.2, 0.25) is 0 Å². The number of rotatable bonds is 10. The Bertz CT molecular complexity index is 357. The monoisotopic (exact) mass is 274 g/mol. The summed E-state index contributed by atoms with van der Waals surface area (Å²) in [6.07, 6.45) is 4.23. The van der Waals surface area contributed by atoms with Gasteiger partial charge < -0.3 is 5.32 Å². The Kier molecular flexibility index (Phi) is 8.24. The predicted octanol–water partition coefficient (Wildman–Crippen LogP) is 4.01. The van der Waals surface area contributed by atoms with Gasteiger partial charge in [0.25, 0.3) is 0 Å². The van der Waals surface area contributed by atoms with Crippen LogP contribution in [0, 0.1) is 0 Å². The molecule has 2 heteroatoms. The van der Waals surface area contributed by atoms with Crippen molar-refractivity contribution < 1.29 is 0 Å². The molecule has 1 N–H and O–H groups in total. The quantitative estimate of drug-likeness (QED) is 0.648. The number of hydrogen-bond donors (Lipinski definition) is 1. The first-order chi connectivity index (χ1) is 9.72. The molecule has 0 fully saturated rings. The van der Waals surface area contributed by atoms with Crippen LogP contribution in [0.1, 0.15) is 45.2 Å². The van der Waals surface area contributed by atoms with Crippen LogP contribution in [-0.4, -0.2) is 30.6 Å². The van der Waals surface area contributed by atoms with Gasteiger partial charge in [-0.2, -0.15) is 0 Å². The number of allylic oxidation sites excluding steroid dienone is 1. The minimum absolute atomic E-state index is 0.456. The maximum atomic E-state index is 3.79. The SMILES string of the molecule is C=CCCC(C)NCC(c1ccccc1)N(CC)CC. The number of hydrogen-bond acceptors (Lipinski definition) is 2. The van der Waals surface area contributed by atoms with Crippen LogP contribution >= 0.6 is 0 Å². The summed E-state index contributed by atoms with van der Waals surface area (Å²) in [5.74, 6) is 0. The fraction of sp³-hybridized carbons (Fsp3) is 0.556. The lowest BCUT2D eigenvalue weighted by atomic mass is 10.0. The molecule has 1 rings (SSSR count). The minimum Gasteiger partial charge on any atom is -0.312 e. The van der Waals surface area contributed by atoms with Crippen molar-refractivity contribution in [3.05, 3.63) is 48.6 Å². The molecular formula is C18H30N2. The third kappa shape index (κ3) is 5.48. The summed E-state index contributed by atoms with van der Waals surface area (Å²) in [6.45, 7) is 13.7. The van der Waals surface area contributed by atoms with E-state index in [1.165, 1.54) is 5.56 Å². The van der Waals surface area contributed by atoms with E-state index in [-0.39, 0.29) is 0 Å². The average Bonchev–Trinajstić information content (AvgIpc) is 2.50. The molecule has 2 nitrogen and oxygen atoms in total. The van der Waals surface area contributed by atoms with E-state index in [1.807, 2.05) is 6.08 Å². The highest BCUT2D eigenvalue weighted by molar-refractivity contribution is 5.19. The van der Waals surface area contributed by atoms with Crippen LogP contribution in [0.15, 0.2) is 43.0 Å². The van der Waals surface area contributed by atoms with Gasteiger partial charge in [-0.05, 0) is 38.4 Å². The number of benzene rings is 1. The Morgan fingerprint density at radius 2 is 1.85 bits per heavy atom. The van der Waals surface area contributed by atoms with Gasteiger partial charge in [-0.1, -0.05) is 50.3 Å². The van der Waals surface area contributed by atoms with Crippen molar-refractivity contribution in [1.82, 2.24) is 10.2 Å². The lowest BCUT2D eigenvalue weighted by Gasteiger charge is -2.31. The van der Waals surface area contributed by atoms with Gasteiger partial charge in [-0.3, -0.25) is 4.90 Å². The second-order valence-corrected chi connectivity index (χ2v) is 5.32. The Labute approximate surface area is 124 Å². The Morgan fingerprint density at radius 1 is 1.20 bits per heavy atom. The zero-order valence-corrected chi connectivity index (χ0v) is 13.3. The fourth-order valence-electron chi connectivity index (χ4n) is 2.58. The molecule has 0 aromatic heterocycles. The third-order valence-electron chi connectivity index (χ3n) is 3.90. The Hall–Kier alpha value is -1.12. The van der Waals surface area contributed by atoms with E-state index in [1.54, 1.807) is 0 Å². The van der Waals surface area contributed by atoms with Crippen molar-refractivity contribution in [1.29, 1.82) is 0 Å². The van der Waals surface area contributed by atoms with Gasteiger partial charge in [0, 0.05) is 18.6 Å². The largest absolute Gasteiger partial charge is 0.312 e. The molecule has 0 heterocycles. The topological polar surface area (TPSA) is 15.3 Å². The van der Waals surface area contributed by atoms with Gasteiger partial charge >= 0.3 is 0 Å². The Balaban J connectivity index is 2.66. The van der Waals surface area contributed by atoms with Crippen LogP contribution in [0.25, 0.3) is 0 Å². The lowest BCUT2D eigenvalue weighted by molar-refractivity contribution is 0.208. The van der Waals surface area contributed by atoms with Gasteiger partial charge in [0.2, 0.25) is 0 Å². The van der Waals surface area contributed by atoms with E-state index in [0.29, 0.717) is 12.1 Å². The van der Waals surface area contributed by atoms with Crippen LogP contribution < -0.4 is 5.32 Å². The summed E-state index contributed by atoms with van der Waals surface area (Å²) in [7, 11) is 0. The molecule has 0 radical (unpaired) electrons. The van der Waals surface area contributed by atoms with Crippen molar-refractivity contribution >= 4 is 0 Å². The fourth-order valence-corrected chi connectivity index (χ4v) is 2.58. The predicted molar refractivity (Wildman–Crippen MR) is 89.0 cm³/mol. The van der Waals surface area contributed by atoms with Gasteiger partial charge in [0.15, 0.2) is 0 Å². The minimum atomic E-state index is 0.456. The van der Waals surface area contributed by atoms with E-state index in [9.17, 15) is 0 Å². The molecule has 0 aliphatic carbocycles. The molecule has 0 saturated heterocycles. The van der Waals surface area contributed by atoms with E-state index >= 15 is 0 Å². The van der Waals surface area contributed by atoms with E-state index in [4.69, 9.17) is 0 Å². The highest BCUT2D eigenvalue weighted by atomic mass is 15.2. The molecule has 1 aromatic rings. The lowest BCUT2D eigenvalue weighted by Crippen LogP contribution is -2.38. The van der Waals surface area contributed by atoms with Crippen molar-refractivity contribution in [3.63, 3.8) is 0 Å². The van der Waals surface area contributed by atoms with Crippen molar-refractivity contribution in [3.8, 4) is 0 Å². The number of likely N-dealkylation sites (N-methyl/N-ethyl adjacent to an activating group) is 1. The maximum Gasteiger partial charge on any atom is 0.0472 e. The van der Waals surface area contributed by atoms with Crippen molar-refractivity contribution in [2.75, 3.05) is 19.6 Å². The standard InChI is InChI=1S/C18H30N2/c1-5-8-12-16(4)19-15-18(20(6-2)7-3)17-13-10-9-11-14-17/h5,9-11,13-14,16,18-19H,1,6-8,12,15H2,2-4H3. The highest BCUT2D eigenvalue weighted by Crippen LogP contribution is 2.19. The van der Waals surface area contributed by atoms with E-state index < -0.39 is 0 Å². The molecule has 0 bridgehead atoms. The third-order valence-corrected chi connectivity index (χ3v) is 3.90. The van der Waals surface area contributed by atoms with Crippen LogP contribution in [0.3, 0.4) is 0 Å². The van der Waals surface area contributed by atoms with Crippen LogP contribution in [0.5, 0.6) is 0 Å². The zero-order chi connectivity index (χ0) is 14.8. The van der Waals surface area contributed by atoms with Gasteiger partial charge in [-0.15, -0.1) is 6.58 Å². The molecule has 0 saturated carbocycles. The van der Waals surface area contributed by atoms with Gasteiger partial charge in [0.1, 0.15) is 0 Å². The highest BCUT2D eigenvalue weighted by Gasteiger charge is 2.18. The summed E-state index contributed by atoms with van der Waals surface area (Å²) >= 11 is 0. The molecule has 112 valence electrons. The van der Waals surface area contributed by atoms with Gasteiger partial charge in [0.05, 0.1) is 0 Å². The zero-order valence-electron chi connectivity index (χ0n) is 13.3. The van der Waals surface area contributed by atoms with E-state index in [0.717, 1.165) is 32.5 Å². The molecule has 2 unspecified atom stereocenters. The molecule has 0 amide bonds. The summed E-state index contributed by atoms with van der Waals surface area (Å²) in [5, 5.41) is 3.68. The molecular weight excluding hydrogens is 244 g/mol. The first kappa shape index (κ1) is 16.9. The first-order valence-corrected chi connectivity index (χ1v) is 7.86. The van der Waals surface area contributed by atoms with Crippen LogP contribution in [-0.2, 0) is 0 Å². The summed E-state index contributed by atoms with van der Waals surface area (Å²) in [6, 6.07) is 11.8. The second-order valence-electron chi connectivity index (χ2n) is 5.32. The van der Waals surface area contributed by atoms with E-state index in [2.05, 4.69) is 67.9 Å². The first-order valence-electron chi connectivity index (χ1n) is 7.86. The normalized spacial score (nSPS) is 14.2. The Morgan fingerprint density at radius 3 is 2.40 bits per heavy atom. The number of nitrogens with zero attached hydrogens (tertiary/aromatic N) is 1. The second kappa shape index (κ2) is 9.73. The molecule has 20 heavy (non-hydrogen) atoms. The molecule has 2 atom stereocenters. The molecule has 0 aliphatic heterocycles. The van der Waals surface area contributed by atoms with Crippen molar-refractivity contribution in [2.45, 2.75) is 45.7 Å². The number of nitrogens with one attached hydrogen (secondary N) is 1. The summed E-state index contributed by atoms with van der Waals surface area (Å²) in [4.78, 5) is 2.52. The molecule has 0 spiro atoms.